The molecular formula is C23H29FN4O. The van der Waals surface area contributed by atoms with Gasteiger partial charge in [0.15, 0.2) is 5.69 Å². The van der Waals surface area contributed by atoms with Crippen molar-refractivity contribution in [2.45, 2.75) is 57.7 Å². The molecule has 2 aliphatic rings. The number of rotatable bonds is 6. The first kappa shape index (κ1) is 19.8. The molecule has 0 saturated carbocycles. The summed E-state index contributed by atoms with van der Waals surface area (Å²) >= 11 is 0. The number of carbonyl (C=O) groups is 1. The standard InChI is InChI=1S/C23H29FN4O/c1-2-12-28-21-11-10-19(25-16-17-6-8-18(24)9-7-17)15-20(21)22(26-28)23(29)27-13-4-3-5-14-27/h2,6-9,19,25H,1,3-5,10-16H2. The Morgan fingerprint density at radius 1 is 1.24 bits per heavy atom. The Kier molecular flexibility index (Phi) is 6.09. The van der Waals surface area contributed by atoms with Gasteiger partial charge < -0.3 is 10.2 Å². The van der Waals surface area contributed by atoms with Gasteiger partial charge in [-0.1, -0.05) is 18.2 Å². The van der Waals surface area contributed by atoms with Crippen LogP contribution in [0.15, 0.2) is 36.9 Å². The number of likely N-dealkylation sites (tertiary alicyclic amines) is 1. The lowest BCUT2D eigenvalue weighted by Crippen LogP contribution is -2.38. The van der Waals surface area contributed by atoms with Crippen LogP contribution in [-0.4, -0.2) is 39.7 Å². The molecule has 1 fully saturated rings. The summed E-state index contributed by atoms with van der Waals surface area (Å²) in [5.74, 6) is -0.144. The summed E-state index contributed by atoms with van der Waals surface area (Å²) in [6.45, 7) is 6.81. The van der Waals surface area contributed by atoms with E-state index in [4.69, 9.17) is 5.10 Å². The van der Waals surface area contributed by atoms with Crippen molar-refractivity contribution in [2.75, 3.05) is 13.1 Å². The topological polar surface area (TPSA) is 50.2 Å². The lowest BCUT2D eigenvalue weighted by molar-refractivity contribution is 0.0716. The fourth-order valence-corrected chi connectivity index (χ4v) is 4.42. The van der Waals surface area contributed by atoms with Crippen molar-refractivity contribution in [1.29, 1.82) is 0 Å². The molecule has 6 heteroatoms. The van der Waals surface area contributed by atoms with Crippen LogP contribution in [0, 0.1) is 5.82 Å². The largest absolute Gasteiger partial charge is 0.337 e. The minimum atomic E-state index is -0.216. The lowest BCUT2D eigenvalue weighted by Gasteiger charge is -2.28. The molecule has 29 heavy (non-hydrogen) atoms. The molecule has 0 spiro atoms. The quantitative estimate of drug-likeness (QED) is 0.761. The SMILES string of the molecule is C=CCn1nc(C(=O)N2CCCCC2)c2c1CCC(NCc1ccc(F)cc1)C2. The van der Waals surface area contributed by atoms with Gasteiger partial charge >= 0.3 is 0 Å². The zero-order chi connectivity index (χ0) is 20.2. The first-order chi connectivity index (χ1) is 14.2. The van der Waals surface area contributed by atoms with Crippen molar-refractivity contribution < 1.29 is 9.18 Å². The Hall–Kier alpha value is -2.47. The van der Waals surface area contributed by atoms with Crippen molar-refractivity contribution in [1.82, 2.24) is 20.0 Å². The van der Waals surface area contributed by atoms with E-state index in [1.54, 1.807) is 0 Å². The third kappa shape index (κ3) is 4.42. The first-order valence-electron chi connectivity index (χ1n) is 10.6. The van der Waals surface area contributed by atoms with Crippen LogP contribution in [0.5, 0.6) is 0 Å². The van der Waals surface area contributed by atoms with E-state index in [1.807, 2.05) is 27.8 Å². The van der Waals surface area contributed by atoms with E-state index in [9.17, 15) is 9.18 Å². The maximum atomic E-state index is 13.2. The molecule has 1 N–H and O–H groups in total. The molecule has 5 nitrogen and oxygen atoms in total. The fraction of sp³-hybridized carbons (Fsp3) is 0.478. The molecule has 1 unspecified atom stereocenters. The number of nitrogens with zero attached hydrogens (tertiary/aromatic N) is 3. The van der Waals surface area contributed by atoms with Gasteiger partial charge in [-0.15, -0.1) is 6.58 Å². The molecular weight excluding hydrogens is 367 g/mol. The Bertz CT molecular complexity index is 868. The van der Waals surface area contributed by atoms with Crippen LogP contribution in [0.2, 0.25) is 0 Å². The number of hydrogen-bond acceptors (Lipinski definition) is 3. The molecule has 2 aromatic rings. The molecule has 1 saturated heterocycles. The third-order valence-electron chi connectivity index (χ3n) is 6.00. The molecule has 4 rings (SSSR count). The normalized spacial score (nSPS) is 19.1. The number of fused-ring (bicyclic) bond motifs is 1. The molecule has 1 aliphatic heterocycles. The van der Waals surface area contributed by atoms with Gasteiger partial charge in [-0.05, 0) is 56.2 Å². The van der Waals surface area contributed by atoms with E-state index in [-0.39, 0.29) is 17.8 Å². The zero-order valence-electron chi connectivity index (χ0n) is 16.9. The molecule has 1 aliphatic carbocycles. The van der Waals surface area contributed by atoms with Crippen molar-refractivity contribution >= 4 is 5.91 Å². The van der Waals surface area contributed by atoms with Gasteiger partial charge in [-0.2, -0.15) is 5.10 Å². The van der Waals surface area contributed by atoms with Gasteiger partial charge in [0.2, 0.25) is 0 Å². The summed E-state index contributed by atoms with van der Waals surface area (Å²) in [7, 11) is 0. The van der Waals surface area contributed by atoms with Crippen molar-refractivity contribution in [2.24, 2.45) is 0 Å². The highest BCUT2D eigenvalue weighted by molar-refractivity contribution is 5.94. The number of allylic oxidation sites excluding steroid dienone is 1. The van der Waals surface area contributed by atoms with E-state index in [0.717, 1.165) is 56.3 Å². The van der Waals surface area contributed by atoms with Gasteiger partial charge in [-0.3, -0.25) is 9.48 Å². The van der Waals surface area contributed by atoms with Crippen LogP contribution >= 0.6 is 0 Å². The maximum absolute atomic E-state index is 13.2. The van der Waals surface area contributed by atoms with Crippen LogP contribution in [-0.2, 0) is 25.9 Å². The summed E-state index contributed by atoms with van der Waals surface area (Å²) in [5, 5.41) is 8.28. The predicted octanol–water partition coefficient (Wildman–Crippen LogP) is 3.48. The number of nitrogens with one attached hydrogen (secondary N) is 1. The molecule has 0 radical (unpaired) electrons. The summed E-state index contributed by atoms with van der Waals surface area (Å²) in [6, 6.07) is 6.88. The van der Waals surface area contributed by atoms with E-state index < -0.39 is 0 Å². The number of amides is 1. The minimum absolute atomic E-state index is 0.0722. The third-order valence-corrected chi connectivity index (χ3v) is 6.00. The number of piperidine rings is 1. The summed E-state index contributed by atoms with van der Waals surface area (Å²) in [4.78, 5) is 15.1. The maximum Gasteiger partial charge on any atom is 0.274 e. The lowest BCUT2D eigenvalue weighted by atomic mass is 9.90. The first-order valence-corrected chi connectivity index (χ1v) is 10.6. The fourth-order valence-electron chi connectivity index (χ4n) is 4.42. The van der Waals surface area contributed by atoms with Gasteiger partial charge in [0.1, 0.15) is 5.82 Å². The minimum Gasteiger partial charge on any atom is -0.337 e. The highest BCUT2D eigenvalue weighted by atomic mass is 19.1. The second-order valence-electron chi connectivity index (χ2n) is 8.04. The molecule has 154 valence electrons. The smallest absolute Gasteiger partial charge is 0.274 e. The van der Waals surface area contributed by atoms with Crippen molar-refractivity contribution in [3.05, 3.63) is 65.3 Å². The van der Waals surface area contributed by atoms with Crippen LogP contribution in [0.25, 0.3) is 0 Å². The van der Waals surface area contributed by atoms with E-state index in [2.05, 4.69) is 11.9 Å². The molecule has 1 amide bonds. The summed E-state index contributed by atoms with van der Waals surface area (Å²) in [5.41, 5.74) is 3.94. The van der Waals surface area contributed by atoms with Crippen molar-refractivity contribution in [3.8, 4) is 0 Å². The number of hydrogen-bond donors (Lipinski definition) is 1. The highest BCUT2D eigenvalue weighted by Gasteiger charge is 2.31. The van der Waals surface area contributed by atoms with Crippen LogP contribution < -0.4 is 5.32 Å². The second kappa shape index (κ2) is 8.91. The summed E-state index contributed by atoms with van der Waals surface area (Å²) < 4.78 is 15.1. The number of benzene rings is 1. The molecule has 2 heterocycles. The average Bonchev–Trinajstić information content (AvgIpc) is 3.11. The predicted molar refractivity (Wildman–Crippen MR) is 111 cm³/mol. The van der Waals surface area contributed by atoms with E-state index in [0.29, 0.717) is 18.8 Å². The molecule has 0 bridgehead atoms. The Morgan fingerprint density at radius 2 is 2.00 bits per heavy atom. The van der Waals surface area contributed by atoms with Gasteiger partial charge in [0, 0.05) is 36.9 Å². The van der Waals surface area contributed by atoms with Gasteiger partial charge in [0.05, 0.1) is 6.54 Å². The Morgan fingerprint density at radius 3 is 2.72 bits per heavy atom. The Labute approximate surface area is 171 Å². The van der Waals surface area contributed by atoms with E-state index in [1.165, 1.54) is 24.2 Å². The van der Waals surface area contributed by atoms with Crippen LogP contribution in [0.4, 0.5) is 4.39 Å². The van der Waals surface area contributed by atoms with Gasteiger partial charge in [0.25, 0.3) is 5.91 Å². The molecule has 1 aromatic heterocycles. The average molecular weight is 397 g/mol. The zero-order valence-corrected chi connectivity index (χ0v) is 16.9. The highest BCUT2D eigenvalue weighted by Crippen LogP contribution is 2.27. The van der Waals surface area contributed by atoms with Crippen LogP contribution in [0.3, 0.4) is 0 Å². The summed E-state index contributed by atoms with van der Waals surface area (Å²) in [6.07, 6.45) is 7.86. The Balaban J connectivity index is 1.51. The van der Waals surface area contributed by atoms with Gasteiger partial charge in [-0.25, -0.2) is 4.39 Å². The second-order valence-corrected chi connectivity index (χ2v) is 8.04. The van der Waals surface area contributed by atoms with Crippen LogP contribution in [0.1, 0.15) is 53.0 Å². The number of aromatic nitrogens is 2. The number of carbonyl (C=O) groups excluding carboxylic acids is 1. The van der Waals surface area contributed by atoms with Crippen molar-refractivity contribution in [3.63, 3.8) is 0 Å². The number of halogens is 1. The monoisotopic (exact) mass is 396 g/mol. The molecule has 1 aromatic carbocycles. The van der Waals surface area contributed by atoms with E-state index >= 15 is 0 Å². The molecule has 1 atom stereocenters.